The number of nitrogens with zero attached hydrogens (tertiary/aromatic N) is 1. The van der Waals surface area contributed by atoms with Gasteiger partial charge in [0.05, 0.1) is 18.2 Å². The van der Waals surface area contributed by atoms with E-state index in [1.54, 1.807) is 12.1 Å². The first-order valence-corrected chi connectivity index (χ1v) is 9.76. The number of ether oxygens (including phenoxy) is 1. The minimum Gasteiger partial charge on any atom is -0.497 e. The van der Waals surface area contributed by atoms with E-state index in [-0.39, 0.29) is 18.1 Å². The molecule has 31 heavy (non-hydrogen) atoms. The van der Waals surface area contributed by atoms with E-state index in [0.29, 0.717) is 12.3 Å². The van der Waals surface area contributed by atoms with Gasteiger partial charge in [-0.25, -0.2) is 0 Å². The molecular formula is C23H23F6NO. The van der Waals surface area contributed by atoms with Gasteiger partial charge in [-0.05, 0) is 74.7 Å². The molecule has 1 heterocycles. The summed E-state index contributed by atoms with van der Waals surface area (Å²) in [5.74, 6) is 0.568. The number of hydrogen-bond acceptors (Lipinski definition) is 2. The summed E-state index contributed by atoms with van der Waals surface area (Å²) in [5, 5.41) is 0. The predicted octanol–water partition coefficient (Wildman–Crippen LogP) is 6.98. The third kappa shape index (κ3) is 4.12. The van der Waals surface area contributed by atoms with E-state index in [0.717, 1.165) is 29.1 Å². The van der Waals surface area contributed by atoms with Gasteiger partial charge < -0.3 is 9.64 Å². The van der Waals surface area contributed by atoms with Crippen molar-refractivity contribution in [2.24, 2.45) is 0 Å². The lowest BCUT2D eigenvalue weighted by atomic mass is 9.76. The molecule has 2 nitrogen and oxygen atoms in total. The molecule has 1 unspecified atom stereocenters. The average Bonchev–Trinajstić information content (AvgIpc) is 2.93. The molecular weight excluding hydrogens is 420 g/mol. The summed E-state index contributed by atoms with van der Waals surface area (Å²) in [4.78, 5) is 2.02. The standard InChI is InChI=1S/C23H23F6NO/c1-5-20-21(3,18-12-17(31-4)7-8-19(18)30(20)6-2)13-14-9-15(22(24,25)26)11-16(10-14)23(27,28)29/h5,7-12H,6,13H2,1-4H3/b20-5-. The highest BCUT2D eigenvalue weighted by molar-refractivity contribution is 5.72. The van der Waals surface area contributed by atoms with Crippen LogP contribution in [0.1, 0.15) is 43.0 Å². The first kappa shape index (κ1) is 23.0. The van der Waals surface area contributed by atoms with Crippen LogP contribution in [0.15, 0.2) is 48.2 Å². The fourth-order valence-electron chi connectivity index (χ4n) is 4.42. The topological polar surface area (TPSA) is 12.5 Å². The molecule has 0 bridgehead atoms. The molecule has 0 fully saturated rings. The van der Waals surface area contributed by atoms with Crippen LogP contribution in [0.2, 0.25) is 0 Å². The number of anilines is 1. The molecule has 3 rings (SSSR count). The summed E-state index contributed by atoms with van der Waals surface area (Å²) < 4.78 is 85.3. The number of alkyl halides is 6. The highest BCUT2D eigenvalue weighted by Crippen LogP contribution is 2.51. The summed E-state index contributed by atoms with van der Waals surface area (Å²) in [6.07, 6.45) is -7.94. The van der Waals surface area contributed by atoms with Crippen LogP contribution in [0.25, 0.3) is 0 Å². The van der Waals surface area contributed by atoms with Crippen molar-refractivity contribution in [1.82, 2.24) is 0 Å². The Hall–Kier alpha value is -2.64. The number of hydrogen-bond donors (Lipinski definition) is 0. The largest absolute Gasteiger partial charge is 0.497 e. The van der Waals surface area contributed by atoms with Gasteiger partial charge in [0.2, 0.25) is 0 Å². The van der Waals surface area contributed by atoms with Gasteiger partial charge in [0.25, 0.3) is 0 Å². The second kappa shape index (κ2) is 7.80. The zero-order chi connectivity index (χ0) is 23.2. The minimum absolute atomic E-state index is 0.0314. The maximum absolute atomic E-state index is 13.3. The summed E-state index contributed by atoms with van der Waals surface area (Å²) >= 11 is 0. The van der Waals surface area contributed by atoms with E-state index >= 15 is 0 Å². The van der Waals surface area contributed by atoms with E-state index in [9.17, 15) is 26.3 Å². The molecule has 0 radical (unpaired) electrons. The maximum Gasteiger partial charge on any atom is 0.416 e. The number of halogens is 6. The van der Waals surface area contributed by atoms with Gasteiger partial charge in [-0.15, -0.1) is 0 Å². The predicted molar refractivity (Wildman–Crippen MR) is 107 cm³/mol. The number of benzene rings is 2. The van der Waals surface area contributed by atoms with Crippen molar-refractivity contribution >= 4 is 5.69 Å². The molecule has 0 spiro atoms. The zero-order valence-electron chi connectivity index (χ0n) is 17.6. The van der Waals surface area contributed by atoms with Crippen molar-refractivity contribution in [2.75, 3.05) is 18.6 Å². The molecule has 0 N–H and O–H groups in total. The highest BCUT2D eigenvalue weighted by Gasteiger charge is 2.44. The Balaban J connectivity index is 2.19. The average molecular weight is 443 g/mol. The van der Waals surface area contributed by atoms with E-state index in [2.05, 4.69) is 0 Å². The lowest BCUT2D eigenvalue weighted by molar-refractivity contribution is -0.143. The second-order valence-electron chi connectivity index (χ2n) is 7.72. The summed E-state index contributed by atoms with van der Waals surface area (Å²) in [6.45, 7) is 6.19. The van der Waals surface area contributed by atoms with Gasteiger partial charge in [0, 0.05) is 23.3 Å². The Morgan fingerprint density at radius 1 is 0.968 bits per heavy atom. The molecule has 1 atom stereocenters. The molecule has 1 aliphatic rings. The van der Waals surface area contributed by atoms with Crippen LogP contribution in [0.3, 0.4) is 0 Å². The van der Waals surface area contributed by atoms with Crippen LogP contribution in [0.5, 0.6) is 5.75 Å². The van der Waals surface area contributed by atoms with E-state index in [4.69, 9.17) is 4.74 Å². The molecule has 2 aromatic carbocycles. The van der Waals surface area contributed by atoms with E-state index in [1.165, 1.54) is 7.11 Å². The van der Waals surface area contributed by atoms with Crippen LogP contribution in [0, 0.1) is 0 Å². The van der Waals surface area contributed by atoms with Gasteiger partial charge in [-0.2, -0.15) is 26.3 Å². The van der Waals surface area contributed by atoms with Crippen LogP contribution in [-0.4, -0.2) is 13.7 Å². The van der Waals surface area contributed by atoms with Crippen molar-refractivity contribution in [3.8, 4) is 5.75 Å². The fourth-order valence-corrected chi connectivity index (χ4v) is 4.42. The van der Waals surface area contributed by atoms with Crippen molar-refractivity contribution < 1.29 is 31.1 Å². The van der Waals surface area contributed by atoms with Crippen LogP contribution in [-0.2, 0) is 24.2 Å². The Bertz CT molecular complexity index is 976. The first-order chi connectivity index (χ1) is 14.3. The molecule has 0 aliphatic carbocycles. The van der Waals surface area contributed by atoms with Crippen molar-refractivity contribution in [3.63, 3.8) is 0 Å². The molecule has 168 valence electrons. The van der Waals surface area contributed by atoms with Gasteiger partial charge in [0.1, 0.15) is 5.75 Å². The van der Waals surface area contributed by atoms with Crippen LogP contribution >= 0.6 is 0 Å². The quantitative estimate of drug-likeness (QED) is 0.473. The maximum atomic E-state index is 13.3. The van der Waals surface area contributed by atoms with Crippen LogP contribution < -0.4 is 9.64 Å². The van der Waals surface area contributed by atoms with Crippen molar-refractivity contribution in [3.05, 3.63) is 70.4 Å². The normalized spacial score (nSPS) is 20.3. The summed E-state index contributed by atoms with van der Waals surface area (Å²) in [5.41, 5.74) is -0.991. The molecule has 0 aromatic heterocycles. The second-order valence-corrected chi connectivity index (χ2v) is 7.72. The number of rotatable bonds is 4. The van der Waals surface area contributed by atoms with E-state index in [1.807, 2.05) is 37.8 Å². The highest BCUT2D eigenvalue weighted by atomic mass is 19.4. The Morgan fingerprint density at radius 2 is 1.55 bits per heavy atom. The van der Waals surface area contributed by atoms with Gasteiger partial charge in [0.15, 0.2) is 0 Å². The first-order valence-electron chi connectivity index (χ1n) is 9.76. The van der Waals surface area contributed by atoms with Crippen LogP contribution in [0.4, 0.5) is 32.0 Å². The third-order valence-corrected chi connectivity index (χ3v) is 5.74. The SMILES string of the molecule is C/C=C1\N(CC)c2ccc(OC)cc2C1(C)Cc1cc(C(F)(F)F)cc(C(F)(F)F)c1. The lowest BCUT2D eigenvalue weighted by Gasteiger charge is -2.30. The molecule has 2 aromatic rings. The Kier molecular flexibility index (Phi) is 5.80. The van der Waals surface area contributed by atoms with Gasteiger partial charge >= 0.3 is 12.4 Å². The lowest BCUT2D eigenvalue weighted by Crippen LogP contribution is -2.30. The third-order valence-electron chi connectivity index (χ3n) is 5.74. The Morgan fingerprint density at radius 3 is 2.00 bits per heavy atom. The van der Waals surface area contributed by atoms with Crippen molar-refractivity contribution in [1.29, 1.82) is 0 Å². The molecule has 8 heteroatoms. The van der Waals surface area contributed by atoms with Gasteiger partial charge in [-0.3, -0.25) is 0 Å². The smallest absolute Gasteiger partial charge is 0.416 e. The van der Waals surface area contributed by atoms with Gasteiger partial charge in [-0.1, -0.05) is 6.08 Å². The summed E-state index contributed by atoms with van der Waals surface area (Å²) in [6, 6.07) is 7.22. The Labute approximate surface area is 177 Å². The zero-order valence-corrected chi connectivity index (χ0v) is 17.6. The van der Waals surface area contributed by atoms with Crippen molar-refractivity contribution in [2.45, 2.75) is 45.0 Å². The van der Waals surface area contributed by atoms with E-state index < -0.39 is 28.9 Å². The minimum atomic E-state index is -4.88. The number of fused-ring (bicyclic) bond motifs is 1. The molecule has 1 aliphatic heterocycles. The summed E-state index contributed by atoms with van der Waals surface area (Å²) in [7, 11) is 1.50. The molecule has 0 saturated carbocycles. The fraction of sp³-hybridized carbons (Fsp3) is 0.391. The number of methoxy groups -OCH3 is 1. The number of allylic oxidation sites excluding steroid dienone is 2. The molecule has 0 saturated heterocycles. The monoisotopic (exact) mass is 443 g/mol. The number of likely N-dealkylation sites (N-methyl/N-ethyl adjacent to an activating group) is 1. The molecule has 0 amide bonds.